The average Bonchev–Trinajstić information content (AvgIpc) is 3.13. The molecule has 0 spiro atoms. The van der Waals surface area contributed by atoms with Gasteiger partial charge in [0.25, 0.3) is 0 Å². The van der Waals surface area contributed by atoms with Gasteiger partial charge in [0.2, 0.25) is 5.91 Å². The SMILES string of the molecule is O=C(CN1CCN(c2ccc3c(c2)OCCO3)C1=O)Nc1cccc2ccccc12. The highest BCUT2D eigenvalue weighted by Crippen LogP contribution is 2.35. The second kappa shape index (κ2) is 7.59. The Morgan fingerprint density at radius 3 is 2.63 bits per heavy atom. The zero-order chi connectivity index (χ0) is 20.5. The fraction of sp³-hybridized carbons (Fsp3) is 0.217. The Labute approximate surface area is 173 Å². The molecule has 5 rings (SSSR count). The lowest BCUT2D eigenvalue weighted by Gasteiger charge is -2.22. The molecule has 3 aromatic carbocycles. The highest BCUT2D eigenvalue weighted by molar-refractivity contribution is 6.04. The number of hydrogen-bond donors (Lipinski definition) is 1. The largest absolute Gasteiger partial charge is 0.486 e. The standard InChI is InChI=1S/C23H21N3O4/c27-22(24-19-7-3-5-16-4-1-2-6-18(16)19)15-25-10-11-26(23(25)28)17-8-9-20-21(14-17)30-13-12-29-20/h1-9,14H,10-13,15H2,(H,24,27). The van der Waals surface area contributed by atoms with Crippen LogP contribution in [0.4, 0.5) is 16.2 Å². The Balaban J connectivity index is 1.27. The Kier molecular flexibility index (Phi) is 4.63. The highest BCUT2D eigenvalue weighted by atomic mass is 16.6. The van der Waals surface area contributed by atoms with Gasteiger partial charge in [0, 0.05) is 35.9 Å². The van der Waals surface area contributed by atoms with Crippen LogP contribution < -0.4 is 19.7 Å². The predicted octanol–water partition coefficient (Wildman–Crippen LogP) is 3.49. The van der Waals surface area contributed by atoms with E-state index in [9.17, 15) is 9.59 Å². The maximum Gasteiger partial charge on any atom is 0.325 e. The maximum atomic E-state index is 12.9. The molecule has 3 aromatic rings. The number of fused-ring (bicyclic) bond motifs is 2. The van der Waals surface area contributed by atoms with Crippen molar-refractivity contribution in [2.75, 3.05) is 43.1 Å². The number of hydrogen-bond acceptors (Lipinski definition) is 4. The first-order valence-electron chi connectivity index (χ1n) is 9.93. The molecule has 1 fully saturated rings. The van der Waals surface area contributed by atoms with E-state index >= 15 is 0 Å². The number of rotatable bonds is 4. The maximum absolute atomic E-state index is 12.9. The van der Waals surface area contributed by atoms with E-state index in [1.807, 2.05) is 60.7 Å². The average molecular weight is 403 g/mol. The molecule has 3 amide bonds. The monoisotopic (exact) mass is 403 g/mol. The van der Waals surface area contributed by atoms with Crippen molar-refractivity contribution in [3.05, 3.63) is 60.7 Å². The van der Waals surface area contributed by atoms with Crippen LogP contribution in [0.5, 0.6) is 11.5 Å². The molecule has 0 saturated carbocycles. The molecule has 1 saturated heterocycles. The smallest absolute Gasteiger partial charge is 0.325 e. The predicted molar refractivity (Wildman–Crippen MR) is 114 cm³/mol. The van der Waals surface area contributed by atoms with Crippen molar-refractivity contribution in [3.8, 4) is 11.5 Å². The van der Waals surface area contributed by atoms with Crippen molar-refractivity contribution >= 4 is 34.1 Å². The summed E-state index contributed by atoms with van der Waals surface area (Å²) in [6.45, 7) is 2.01. The summed E-state index contributed by atoms with van der Waals surface area (Å²) in [5.74, 6) is 1.10. The summed E-state index contributed by atoms with van der Waals surface area (Å²) >= 11 is 0. The minimum Gasteiger partial charge on any atom is -0.486 e. The number of carbonyl (C=O) groups is 2. The van der Waals surface area contributed by atoms with Gasteiger partial charge in [-0.05, 0) is 23.6 Å². The summed E-state index contributed by atoms with van der Waals surface area (Å²) in [5, 5.41) is 4.96. The molecule has 152 valence electrons. The minimum absolute atomic E-state index is 0.00308. The number of nitrogens with zero attached hydrogens (tertiary/aromatic N) is 2. The van der Waals surface area contributed by atoms with E-state index in [1.165, 1.54) is 0 Å². The Bertz CT molecular complexity index is 1130. The molecule has 0 radical (unpaired) electrons. The summed E-state index contributed by atoms with van der Waals surface area (Å²) in [6.07, 6.45) is 0. The third kappa shape index (κ3) is 3.39. The Morgan fingerprint density at radius 2 is 1.73 bits per heavy atom. The molecule has 2 heterocycles. The molecule has 0 unspecified atom stereocenters. The van der Waals surface area contributed by atoms with E-state index in [2.05, 4.69) is 5.32 Å². The van der Waals surface area contributed by atoms with Crippen molar-refractivity contribution in [3.63, 3.8) is 0 Å². The van der Waals surface area contributed by atoms with Crippen LogP contribution in [0.25, 0.3) is 10.8 Å². The molecule has 0 aromatic heterocycles. The van der Waals surface area contributed by atoms with Gasteiger partial charge in [-0.3, -0.25) is 9.69 Å². The number of anilines is 2. The highest BCUT2D eigenvalue weighted by Gasteiger charge is 2.31. The molecule has 1 N–H and O–H groups in total. The number of ether oxygens (including phenoxy) is 2. The molecule has 2 aliphatic rings. The van der Waals surface area contributed by atoms with Crippen molar-refractivity contribution in [1.29, 1.82) is 0 Å². The van der Waals surface area contributed by atoms with Crippen LogP contribution in [0.2, 0.25) is 0 Å². The Morgan fingerprint density at radius 1 is 0.933 bits per heavy atom. The lowest BCUT2D eigenvalue weighted by Crippen LogP contribution is -2.37. The molecule has 0 aliphatic carbocycles. The fourth-order valence-corrected chi connectivity index (χ4v) is 3.87. The van der Waals surface area contributed by atoms with E-state index < -0.39 is 0 Å². The van der Waals surface area contributed by atoms with Crippen LogP contribution in [0.3, 0.4) is 0 Å². The Hall–Kier alpha value is -3.74. The van der Waals surface area contributed by atoms with Gasteiger partial charge in [-0.1, -0.05) is 36.4 Å². The number of urea groups is 1. The van der Waals surface area contributed by atoms with Gasteiger partial charge in [0.05, 0.1) is 0 Å². The van der Waals surface area contributed by atoms with Crippen LogP contribution in [0.1, 0.15) is 0 Å². The third-order valence-corrected chi connectivity index (χ3v) is 5.33. The van der Waals surface area contributed by atoms with Crippen molar-refractivity contribution in [2.24, 2.45) is 0 Å². The van der Waals surface area contributed by atoms with E-state index in [0.29, 0.717) is 37.8 Å². The number of amides is 3. The van der Waals surface area contributed by atoms with Gasteiger partial charge in [-0.15, -0.1) is 0 Å². The van der Waals surface area contributed by atoms with E-state index in [0.717, 1.165) is 22.1 Å². The summed E-state index contributed by atoms with van der Waals surface area (Å²) in [4.78, 5) is 28.7. The molecular weight excluding hydrogens is 382 g/mol. The first kappa shape index (κ1) is 18.3. The zero-order valence-electron chi connectivity index (χ0n) is 16.3. The van der Waals surface area contributed by atoms with Gasteiger partial charge in [0.15, 0.2) is 11.5 Å². The fourth-order valence-electron chi connectivity index (χ4n) is 3.87. The minimum atomic E-state index is -0.219. The van der Waals surface area contributed by atoms with E-state index in [4.69, 9.17) is 9.47 Å². The van der Waals surface area contributed by atoms with Crippen molar-refractivity contribution in [1.82, 2.24) is 4.90 Å². The van der Waals surface area contributed by atoms with Crippen LogP contribution in [-0.2, 0) is 4.79 Å². The van der Waals surface area contributed by atoms with Crippen LogP contribution in [0.15, 0.2) is 60.7 Å². The van der Waals surface area contributed by atoms with Gasteiger partial charge in [0.1, 0.15) is 19.8 Å². The third-order valence-electron chi connectivity index (χ3n) is 5.33. The van der Waals surface area contributed by atoms with Crippen molar-refractivity contribution < 1.29 is 19.1 Å². The molecular formula is C23H21N3O4. The van der Waals surface area contributed by atoms with Gasteiger partial charge in [-0.2, -0.15) is 0 Å². The van der Waals surface area contributed by atoms with Crippen LogP contribution >= 0.6 is 0 Å². The molecule has 7 heteroatoms. The van der Waals surface area contributed by atoms with Gasteiger partial charge < -0.3 is 19.7 Å². The summed E-state index contributed by atoms with van der Waals surface area (Å²) in [7, 11) is 0. The van der Waals surface area contributed by atoms with E-state index in [1.54, 1.807) is 9.80 Å². The first-order chi connectivity index (χ1) is 14.7. The number of carbonyl (C=O) groups excluding carboxylic acids is 2. The molecule has 7 nitrogen and oxygen atoms in total. The normalized spacial score (nSPS) is 15.5. The summed E-state index contributed by atoms with van der Waals surface area (Å²) in [5.41, 5.74) is 1.48. The quantitative estimate of drug-likeness (QED) is 0.724. The second-order valence-corrected chi connectivity index (χ2v) is 7.26. The number of benzene rings is 3. The van der Waals surface area contributed by atoms with Crippen molar-refractivity contribution in [2.45, 2.75) is 0 Å². The molecule has 0 bridgehead atoms. The summed E-state index contributed by atoms with van der Waals surface area (Å²) < 4.78 is 11.1. The lowest BCUT2D eigenvalue weighted by molar-refractivity contribution is -0.116. The first-order valence-corrected chi connectivity index (χ1v) is 9.93. The molecule has 2 aliphatic heterocycles. The van der Waals surface area contributed by atoms with Gasteiger partial charge >= 0.3 is 6.03 Å². The number of nitrogens with one attached hydrogen (secondary N) is 1. The van der Waals surface area contributed by atoms with Crippen LogP contribution in [0, 0.1) is 0 Å². The summed E-state index contributed by atoms with van der Waals surface area (Å²) in [6, 6.07) is 18.9. The second-order valence-electron chi connectivity index (χ2n) is 7.26. The molecule has 0 atom stereocenters. The van der Waals surface area contributed by atoms with Gasteiger partial charge in [-0.25, -0.2) is 4.79 Å². The molecule has 30 heavy (non-hydrogen) atoms. The zero-order valence-corrected chi connectivity index (χ0v) is 16.3. The van der Waals surface area contributed by atoms with E-state index in [-0.39, 0.29) is 18.5 Å². The lowest BCUT2D eigenvalue weighted by atomic mass is 10.1. The topological polar surface area (TPSA) is 71.1 Å². The van der Waals surface area contributed by atoms with Crippen LogP contribution in [-0.4, -0.2) is 49.7 Å².